The highest BCUT2D eigenvalue weighted by atomic mass is 32.1. The minimum absolute atomic E-state index is 0.168. The van der Waals surface area contributed by atoms with Crippen molar-refractivity contribution < 1.29 is 4.79 Å². The summed E-state index contributed by atoms with van der Waals surface area (Å²) < 4.78 is 0. The van der Waals surface area contributed by atoms with E-state index in [-0.39, 0.29) is 5.91 Å². The third-order valence-electron chi connectivity index (χ3n) is 3.62. The molecule has 0 aliphatic heterocycles. The summed E-state index contributed by atoms with van der Waals surface area (Å²) in [6.45, 7) is 7.41. The van der Waals surface area contributed by atoms with Gasteiger partial charge in [0.05, 0.1) is 5.69 Å². The molecule has 1 aromatic heterocycles. The number of thiazole rings is 1. The van der Waals surface area contributed by atoms with E-state index in [0.717, 1.165) is 27.5 Å². The first-order valence-corrected chi connectivity index (χ1v) is 8.46. The molecule has 0 aliphatic rings. The standard InChI is InChI=1S/C20H18N2OS/c1-13(2)19(23)21-17-11-9-15(10-12-17)18-14(3)24-20(22-18)16-7-5-4-6-8-16/h4-12H,1H2,2-3H3,(H,21,23). The highest BCUT2D eigenvalue weighted by Gasteiger charge is 2.11. The second kappa shape index (κ2) is 6.81. The number of benzene rings is 2. The molecule has 0 fully saturated rings. The molecule has 3 nitrogen and oxygen atoms in total. The van der Waals surface area contributed by atoms with Crippen LogP contribution in [0.1, 0.15) is 11.8 Å². The van der Waals surface area contributed by atoms with Gasteiger partial charge in [-0.1, -0.05) is 49.0 Å². The van der Waals surface area contributed by atoms with Crippen LogP contribution in [0.15, 0.2) is 66.7 Å². The van der Waals surface area contributed by atoms with Gasteiger partial charge in [-0.25, -0.2) is 4.98 Å². The molecule has 1 N–H and O–H groups in total. The molecule has 0 bridgehead atoms. The zero-order valence-electron chi connectivity index (χ0n) is 13.7. The van der Waals surface area contributed by atoms with Crippen LogP contribution in [-0.2, 0) is 4.79 Å². The van der Waals surface area contributed by atoms with Crippen molar-refractivity contribution in [1.82, 2.24) is 4.98 Å². The summed E-state index contributed by atoms with van der Waals surface area (Å²) in [5, 5.41) is 3.83. The van der Waals surface area contributed by atoms with Gasteiger partial charge in [0.25, 0.3) is 5.91 Å². The number of rotatable bonds is 4. The van der Waals surface area contributed by atoms with Crippen molar-refractivity contribution >= 4 is 22.9 Å². The van der Waals surface area contributed by atoms with E-state index < -0.39 is 0 Å². The Balaban J connectivity index is 1.86. The molecule has 0 aliphatic carbocycles. The monoisotopic (exact) mass is 334 g/mol. The Kier molecular flexibility index (Phi) is 4.58. The molecule has 3 rings (SSSR count). The molecule has 0 atom stereocenters. The predicted octanol–water partition coefficient (Wildman–Crippen LogP) is 5.30. The molecular formula is C20H18N2OS. The largest absolute Gasteiger partial charge is 0.322 e. The molecule has 4 heteroatoms. The van der Waals surface area contributed by atoms with Crippen LogP contribution >= 0.6 is 11.3 Å². The lowest BCUT2D eigenvalue weighted by Gasteiger charge is -2.05. The minimum atomic E-state index is -0.168. The fraction of sp³-hybridized carbons (Fsp3) is 0.100. The third-order valence-corrected chi connectivity index (χ3v) is 4.64. The highest BCUT2D eigenvalue weighted by molar-refractivity contribution is 7.15. The molecule has 0 radical (unpaired) electrons. The molecule has 1 amide bonds. The normalized spacial score (nSPS) is 10.4. The molecule has 3 aromatic rings. The summed E-state index contributed by atoms with van der Waals surface area (Å²) in [6.07, 6.45) is 0. The number of anilines is 1. The van der Waals surface area contributed by atoms with Crippen molar-refractivity contribution in [3.63, 3.8) is 0 Å². The van der Waals surface area contributed by atoms with Gasteiger partial charge in [-0.05, 0) is 26.0 Å². The second-order valence-electron chi connectivity index (χ2n) is 5.60. The van der Waals surface area contributed by atoms with Gasteiger partial charge in [0.2, 0.25) is 0 Å². The van der Waals surface area contributed by atoms with Crippen LogP contribution in [0.3, 0.4) is 0 Å². The first-order chi connectivity index (χ1) is 11.5. The van der Waals surface area contributed by atoms with Gasteiger partial charge < -0.3 is 5.32 Å². The summed E-state index contributed by atoms with van der Waals surface area (Å²) in [5.74, 6) is -0.168. The van der Waals surface area contributed by atoms with Gasteiger partial charge >= 0.3 is 0 Å². The van der Waals surface area contributed by atoms with E-state index in [9.17, 15) is 4.79 Å². The number of carbonyl (C=O) groups is 1. The Hall–Kier alpha value is -2.72. The number of nitrogens with zero attached hydrogens (tertiary/aromatic N) is 1. The maximum Gasteiger partial charge on any atom is 0.250 e. The number of aryl methyl sites for hydroxylation is 1. The fourth-order valence-electron chi connectivity index (χ4n) is 2.32. The van der Waals surface area contributed by atoms with Crippen molar-refractivity contribution in [2.24, 2.45) is 0 Å². The third kappa shape index (κ3) is 3.44. The molecule has 1 heterocycles. The Morgan fingerprint density at radius 1 is 1.04 bits per heavy atom. The van der Waals surface area contributed by atoms with E-state index in [2.05, 4.69) is 31.0 Å². The summed E-state index contributed by atoms with van der Waals surface area (Å²) in [5.41, 5.74) is 4.39. The van der Waals surface area contributed by atoms with Crippen molar-refractivity contribution in [3.05, 3.63) is 71.6 Å². The number of aromatic nitrogens is 1. The lowest BCUT2D eigenvalue weighted by molar-refractivity contribution is -0.112. The van der Waals surface area contributed by atoms with Gasteiger partial charge in [0.15, 0.2) is 0 Å². The molecule has 0 saturated carbocycles. The van der Waals surface area contributed by atoms with Crippen LogP contribution in [-0.4, -0.2) is 10.9 Å². The van der Waals surface area contributed by atoms with E-state index in [4.69, 9.17) is 4.98 Å². The van der Waals surface area contributed by atoms with Crippen LogP contribution in [0.25, 0.3) is 21.8 Å². The quantitative estimate of drug-likeness (QED) is 0.658. The van der Waals surface area contributed by atoms with Crippen LogP contribution < -0.4 is 5.32 Å². The van der Waals surface area contributed by atoms with Gasteiger partial charge in [-0.15, -0.1) is 11.3 Å². The zero-order valence-corrected chi connectivity index (χ0v) is 14.5. The molecule has 120 valence electrons. The molecule has 24 heavy (non-hydrogen) atoms. The zero-order chi connectivity index (χ0) is 17.1. The minimum Gasteiger partial charge on any atom is -0.322 e. The lowest BCUT2D eigenvalue weighted by Crippen LogP contribution is -2.11. The van der Waals surface area contributed by atoms with Crippen LogP contribution in [0.5, 0.6) is 0 Å². The van der Waals surface area contributed by atoms with Crippen molar-refractivity contribution in [1.29, 1.82) is 0 Å². The average Bonchev–Trinajstić information content (AvgIpc) is 2.98. The topological polar surface area (TPSA) is 42.0 Å². The fourth-order valence-corrected chi connectivity index (χ4v) is 3.26. The summed E-state index contributed by atoms with van der Waals surface area (Å²) in [6, 6.07) is 17.9. The average molecular weight is 334 g/mol. The van der Waals surface area contributed by atoms with Crippen LogP contribution in [0.4, 0.5) is 5.69 Å². The van der Waals surface area contributed by atoms with E-state index in [1.807, 2.05) is 42.5 Å². The van der Waals surface area contributed by atoms with E-state index in [1.54, 1.807) is 18.3 Å². The summed E-state index contributed by atoms with van der Waals surface area (Å²) in [4.78, 5) is 17.6. The Bertz CT molecular complexity index is 880. The number of nitrogens with one attached hydrogen (secondary N) is 1. The van der Waals surface area contributed by atoms with Gasteiger partial charge in [0.1, 0.15) is 5.01 Å². The second-order valence-corrected chi connectivity index (χ2v) is 6.80. The highest BCUT2D eigenvalue weighted by Crippen LogP contribution is 2.33. The van der Waals surface area contributed by atoms with Crippen molar-refractivity contribution in [2.75, 3.05) is 5.32 Å². The molecule has 0 saturated heterocycles. The maximum absolute atomic E-state index is 11.7. The van der Waals surface area contributed by atoms with E-state index in [0.29, 0.717) is 5.57 Å². The Labute approximate surface area is 145 Å². The van der Waals surface area contributed by atoms with Gasteiger partial charge in [0, 0.05) is 27.3 Å². The SMILES string of the molecule is C=C(C)C(=O)Nc1ccc(-c2nc(-c3ccccc3)sc2C)cc1. The van der Waals surface area contributed by atoms with Crippen LogP contribution in [0, 0.1) is 6.92 Å². The van der Waals surface area contributed by atoms with Gasteiger partial charge in [-0.3, -0.25) is 4.79 Å². The Morgan fingerprint density at radius 2 is 1.71 bits per heavy atom. The Morgan fingerprint density at radius 3 is 2.33 bits per heavy atom. The first-order valence-electron chi connectivity index (χ1n) is 7.65. The number of amides is 1. The lowest BCUT2D eigenvalue weighted by atomic mass is 10.1. The predicted molar refractivity (Wildman–Crippen MR) is 101 cm³/mol. The van der Waals surface area contributed by atoms with Gasteiger partial charge in [-0.2, -0.15) is 0 Å². The van der Waals surface area contributed by atoms with E-state index in [1.165, 1.54) is 4.88 Å². The first kappa shape index (κ1) is 16.1. The maximum atomic E-state index is 11.7. The smallest absolute Gasteiger partial charge is 0.250 e. The number of hydrogen-bond donors (Lipinski definition) is 1. The molecule has 2 aromatic carbocycles. The summed E-state index contributed by atoms with van der Waals surface area (Å²) in [7, 11) is 0. The molecular weight excluding hydrogens is 316 g/mol. The van der Waals surface area contributed by atoms with E-state index >= 15 is 0 Å². The van der Waals surface area contributed by atoms with Crippen LogP contribution in [0.2, 0.25) is 0 Å². The van der Waals surface area contributed by atoms with Crippen molar-refractivity contribution in [3.8, 4) is 21.8 Å². The number of carbonyl (C=O) groups excluding carboxylic acids is 1. The number of hydrogen-bond acceptors (Lipinski definition) is 3. The summed E-state index contributed by atoms with van der Waals surface area (Å²) >= 11 is 1.69. The van der Waals surface area contributed by atoms with Crippen molar-refractivity contribution in [2.45, 2.75) is 13.8 Å². The molecule has 0 unspecified atom stereocenters. The molecule has 0 spiro atoms.